The van der Waals surface area contributed by atoms with Crippen LogP contribution >= 0.6 is 0 Å². The fourth-order valence-electron chi connectivity index (χ4n) is 2.08. The van der Waals surface area contributed by atoms with Crippen LogP contribution in [0.1, 0.15) is 25.8 Å². The predicted octanol–water partition coefficient (Wildman–Crippen LogP) is 2.37. The summed E-state index contributed by atoms with van der Waals surface area (Å²) in [5.74, 6) is 1.41. The molecule has 0 aliphatic heterocycles. The molecule has 2 aromatic rings. The van der Waals surface area contributed by atoms with E-state index >= 15 is 0 Å². The highest BCUT2D eigenvalue weighted by Crippen LogP contribution is 2.27. The molecule has 0 spiro atoms. The highest BCUT2D eigenvalue weighted by molar-refractivity contribution is 5.65. The third kappa shape index (κ3) is 2.82. The van der Waals surface area contributed by atoms with Gasteiger partial charge < -0.3 is 15.5 Å². The molecule has 3 N–H and O–H groups in total. The van der Waals surface area contributed by atoms with Gasteiger partial charge in [0.25, 0.3) is 5.56 Å². The molecular formula is C15H19N3O2. The van der Waals surface area contributed by atoms with Crippen LogP contribution < -0.4 is 16.0 Å². The molecule has 0 unspecified atom stereocenters. The predicted molar refractivity (Wildman–Crippen MR) is 79.9 cm³/mol. The maximum Gasteiger partial charge on any atom is 0.256 e. The summed E-state index contributed by atoms with van der Waals surface area (Å²) in [6.07, 6.45) is 1.48. The lowest BCUT2D eigenvalue weighted by atomic mass is 10.1. The Labute approximate surface area is 117 Å². The van der Waals surface area contributed by atoms with Crippen molar-refractivity contribution >= 4 is 5.82 Å². The summed E-state index contributed by atoms with van der Waals surface area (Å²) in [6, 6.07) is 7.44. The molecule has 1 aromatic heterocycles. The summed E-state index contributed by atoms with van der Waals surface area (Å²) < 4.78 is 5.55. The van der Waals surface area contributed by atoms with Crippen LogP contribution in [0.4, 0.5) is 5.82 Å². The number of rotatable bonds is 5. The largest absolute Gasteiger partial charge is 0.493 e. The van der Waals surface area contributed by atoms with E-state index in [1.165, 1.54) is 0 Å². The number of H-pyrrole nitrogens is 1. The minimum Gasteiger partial charge on any atom is -0.493 e. The fraction of sp³-hybridized carbons (Fsp3) is 0.333. The van der Waals surface area contributed by atoms with Crippen molar-refractivity contribution in [3.05, 3.63) is 40.2 Å². The van der Waals surface area contributed by atoms with E-state index in [4.69, 9.17) is 10.5 Å². The lowest BCUT2D eigenvalue weighted by Gasteiger charge is -2.10. The first kappa shape index (κ1) is 14.1. The van der Waals surface area contributed by atoms with Crippen LogP contribution in [-0.2, 0) is 6.42 Å². The van der Waals surface area contributed by atoms with Crippen molar-refractivity contribution in [1.29, 1.82) is 0 Å². The van der Waals surface area contributed by atoms with Gasteiger partial charge in [-0.2, -0.15) is 0 Å². The van der Waals surface area contributed by atoms with E-state index in [2.05, 4.69) is 9.97 Å². The number of aromatic nitrogens is 2. The lowest BCUT2D eigenvalue weighted by molar-refractivity contribution is 0.341. The molecule has 0 amide bonds. The Morgan fingerprint density at radius 3 is 2.70 bits per heavy atom. The van der Waals surface area contributed by atoms with Gasteiger partial charge in [0.05, 0.1) is 17.7 Å². The average Bonchev–Trinajstić information content (AvgIpc) is 2.43. The zero-order chi connectivity index (χ0) is 14.5. The molecule has 2 rings (SSSR count). The number of anilines is 1. The molecule has 0 saturated heterocycles. The molecule has 0 aliphatic carbocycles. The molecule has 5 heteroatoms. The number of nitrogen functional groups attached to an aromatic ring is 1. The van der Waals surface area contributed by atoms with E-state index in [0.29, 0.717) is 30.2 Å². The second-order valence-corrected chi connectivity index (χ2v) is 4.46. The summed E-state index contributed by atoms with van der Waals surface area (Å²) >= 11 is 0. The summed E-state index contributed by atoms with van der Waals surface area (Å²) in [7, 11) is 0. The Kier molecular flexibility index (Phi) is 4.40. The van der Waals surface area contributed by atoms with E-state index in [0.717, 1.165) is 12.0 Å². The third-order valence-corrected chi connectivity index (χ3v) is 2.99. The van der Waals surface area contributed by atoms with Gasteiger partial charge in [0.15, 0.2) is 0 Å². The number of nitrogens with two attached hydrogens (primary N) is 1. The number of ether oxygens (including phenoxy) is 1. The van der Waals surface area contributed by atoms with Crippen molar-refractivity contribution in [3.63, 3.8) is 0 Å². The molecule has 5 nitrogen and oxygen atoms in total. The molecule has 0 saturated carbocycles. The van der Waals surface area contributed by atoms with Gasteiger partial charge in [-0.3, -0.25) is 4.79 Å². The molecule has 1 aromatic carbocycles. The van der Waals surface area contributed by atoms with Crippen LogP contribution in [0.15, 0.2) is 29.1 Å². The van der Waals surface area contributed by atoms with Crippen LogP contribution in [0, 0.1) is 0 Å². The number of nitrogens with zero attached hydrogens (tertiary/aromatic N) is 1. The lowest BCUT2D eigenvalue weighted by Crippen LogP contribution is -2.18. The van der Waals surface area contributed by atoms with Gasteiger partial charge in [-0.05, 0) is 25.5 Å². The monoisotopic (exact) mass is 273 g/mol. The first-order chi connectivity index (χ1) is 9.67. The molecule has 0 atom stereocenters. The van der Waals surface area contributed by atoms with Crippen LogP contribution in [-0.4, -0.2) is 16.6 Å². The van der Waals surface area contributed by atoms with Crippen molar-refractivity contribution in [3.8, 4) is 17.1 Å². The van der Waals surface area contributed by atoms with Crippen molar-refractivity contribution in [2.24, 2.45) is 0 Å². The Balaban J connectivity index is 2.52. The SMILES string of the molecule is CCCc1c(N)nc(-c2ccccc2OCC)[nH]c1=O. The normalized spacial score (nSPS) is 10.5. The van der Waals surface area contributed by atoms with Crippen molar-refractivity contribution in [2.45, 2.75) is 26.7 Å². The summed E-state index contributed by atoms with van der Waals surface area (Å²) in [5.41, 5.74) is 7.00. The van der Waals surface area contributed by atoms with Gasteiger partial charge in [0, 0.05) is 0 Å². The number of nitrogens with one attached hydrogen (secondary N) is 1. The Hall–Kier alpha value is -2.30. The van der Waals surface area contributed by atoms with E-state index in [1.54, 1.807) is 0 Å². The average molecular weight is 273 g/mol. The summed E-state index contributed by atoms with van der Waals surface area (Å²) in [5, 5.41) is 0. The van der Waals surface area contributed by atoms with Gasteiger partial charge in [0.1, 0.15) is 17.4 Å². The van der Waals surface area contributed by atoms with Crippen molar-refractivity contribution in [2.75, 3.05) is 12.3 Å². The van der Waals surface area contributed by atoms with Crippen LogP contribution in [0.3, 0.4) is 0 Å². The maximum absolute atomic E-state index is 12.1. The van der Waals surface area contributed by atoms with E-state index in [-0.39, 0.29) is 11.4 Å². The zero-order valence-corrected chi connectivity index (χ0v) is 11.8. The third-order valence-electron chi connectivity index (χ3n) is 2.99. The van der Waals surface area contributed by atoms with E-state index < -0.39 is 0 Å². The standard InChI is InChI=1S/C15H19N3O2/c1-3-7-11-13(16)17-14(18-15(11)19)10-8-5-6-9-12(10)20-4-2/h5-6,8-9H,3-4,7H2,1-2H3,(H3,16,17,18,19). The summed E-state index contributed by atoms with van der Waals surface area (Å²) in [6.45, 7) is 4.45. The number of aromatic amines is 1. The molecule has 0 bridgehead atoms. The van der Waals surface area contributed by atoms with Crippen LogP contribution in [0.25, 0.3) is 11.4 Å². The Morgan fingerprint density at radius 1 is 1.30 bits per heavy atom. The fourth-order valence-corrected chi connectivity index (χ4v) is 2.08. The van der Waals surface area contributed by atoms with E-state index in [1.807, 2.05) is 38.1 Å². The highest BCUT2D eigenvalue weighted by atomic mass is 16.5. The van der Waals surface area contributed by atoms with E-state index in [9.17, 15) is 4.79 Å². The topological polar surface area (TPSA) is 81.0 Å². The highest BCUT2D eigenvalue weighted by Gasteiger charge is 2.12. The molecule has 0 fully saturated rings. The molecule has 20 heavy (non-hydrogen) atoms. The van der Waals surface area contributed by atoms with Crippen LogP contribution in [0.5, 0.6) is 5.75 Å². The molecule has 106 valence electrons. The minimum absolute atomic E-state index is 0.180. The second-order valence-electron chi connectivity index (χ2n) is 4.46. The van der Waals surface area contributed by atoms with Crippen LogP contribution in [0.2, 0.25) is 0 Å². The van der Waals surface area contributed by atoms with Gasteiger partial charge >= 0.3 is 0 Å². The molecule has 0 radical (unpaired) electrons. The minimum atomic E-state index is -0.180. The van der Waals surface area contributed by atoms with Gasteiger partial charge in [0.2, 0.25) is 0 Å². The van der Waals surface area contributed by atoms with Crippen molar-refractivity contribution < 1.29 is 4.74 Å². The van der Waals surface area contributed by atoms with Gasteiger partial charge in [-0.15, -0.1) is 0 Å². The molecule has 1 heterocycles. The maximum atomic E-state index is 12.1. The first-order valence-corrected chi connectivity index (χ1v) is 6.78. The number of hydrogen-bond acceptors (Lipinski definition) is 4. The second kappa shape index (κ2) is 6.23. The van der Waals surface area contributed by atoms with Gasteiger partial charge in [-0.1, -0.05) is 25.5 Å². The number of para-hydroxylation sites is 1. The van der Waals surface area contributed by atoms with Gasteiger partial charge in [-0.25, -0.2) is 4.98 Å². The summed E-state index contributed by atoms with van der Waals surface area (Å²) in [4.78, 5) is 19.2. The molecular weight excluding hydrogens is 254 g/mol. The number of benzene rings is 1. The molecule has 0 aliphatic rings. The zero-order valence-electron chi connectivity index (χ0n) is 11.8. The Morgan fingerprint density at radius 2 is 2.05 bits per heavy atom. The number of hydrogen-bond donors (Lipinski definition) is 2. The first-order valence-electron chi connectivity index (χ1n) is 6.78. The Bertz CT molecular complexity index is 650. The van der Waals surface area contributed by atoms with Crippen molar-refractivity contribution in [1.82, 2.24) is 9.97 Å². The quantitative estimate of drug-likeness (QED) is 0.876. The smallest absolute Gasteiger partial charge is 0.256 e.